The van der Waals surface area contributed by atoms with Crippen LogP contribution in [0.25, 0.3) is 10.6 Å². The Morgan fingerprint density at radius 3 is 2.67 bits per heavy atom. The van der Waals surface area contributed by atoms with Crippen molar-refractivity contribution in [2.24, 2.45) is 0 Å². The van der Waals surface area contributed by atoms with Crippen LogP contribution in [0.1, 0.15) is 21.6 Å². The number of carbonyl (C=O) groups is 1. The summed E-state index contributed by atoms with van der Waals surface area (Å²) in [5, 5.41) is 5.98. The number of benzene rings is 2. The molecule has 0 fully saturated rings. The van der Waals surface area contributed by atoms with Gasteiger partial charge in [0.1, 0.15) is 10.8 Å². The number of halogens is 2. The minimum atomic E-state index is -0.591. The number of rotatable bonds is 4. The van der Waals surface area contributed by atoms with Crippen LogP contribution in [0.5, 0.6) is 0 Å². The van der Waals surface area contributed by atoms with Crippen LogP contribution in [0.4, 0.5) is 4.39 Å². The van der Waals surface area contributed by atoms with E-state index in [0.717, 1.165) is 21.8 Å². The van der Waals surface area contributed by atoms with Gasteiger partial charge in [-0.3, -0.25) is 4.79 Å². The molecule has 3 nitrogen and oxygen atoms in total. The summed E-state index contributed by atoms with van der Waals surface area (Å²) in [5.74, 6) is -1.08. The van der Waals surface area contributed by atoms with Crippen molar-refractivity contribution in [1.29, 1.82) is 0 Å². The molecule has 0 saturated heterocycles. The molecule has 0 spiro atoms. The molecule has 0 unspecified atom stereocenters. The molecule has 0 saturated carbocycles. The molecule has 0 aliphatic heterocycles. The molecule has 6 heteroatoms. The van der Waals surface area contributed by atoms with E-state index in [1.807, 2.05) is 36.6 Å². The fourth-order valence-electron chi connectivity index (χ4n) is 2.20. The third-order valence-electron chi connectivity index (χ3n) is 3.45. The molecule has 0 bridgehead atoms. The van der Waals surface area contributed by atoms with E-state index in [4.69, 9.17) is 11.6 Å². The quantitative estimate of drug-likeness (QED) is 0.723. The number of nitrogens with one attached hydrogen (secondary N) is 1. The molecule has 1 N–H and O–H groups in total. The molecule has 3 rings (SSSR count). The maximum absolute atomic E-state index is 13.7. The van der Waals surface area contributed by atoms with Crippen LogP contribution in [0, 0.1) is 12.7 Å². The topological polar surface area (TPSA) is 42.0 Å². The van der Waals surface area contributed by atoms with E-state index in [0.29, 0.717) is 11.6 Å². The van der Waals surface area contributed by atoms with Crippen molar-refractivity contribution in [2.75, 3.05) is 0 Å². The van der Waals surface area contributed by atoms with Crippen LogP contribution in [0.2, 0.25) is 5.02 Å². The molecule has 122 valence electrons. The van der Waals surface area contributed by atoms with Crippen molar-refractivity contribution in [3.05, 3.63) is 75.5 Å². The lowest BCUT2D eigenvalue weighted by Gasteiger charge is -2.07. The molecule has 0 radical (unpaired) electrons. The highest BCUT2D eigenvalue weighted by Gasteiger charge is 2.12. The van der Waals surface area contributed by atoms with Crippen molar-refractivity contribution < 1.29 is 9.18 Å². The molecule has 1 heterocycles. The van der Waals surface area contributed by atoms with Gasteiger partial charge in [0, 0.05) is 28.2 Å². The lowest BCUT2D eigenvalue weighted by molar-refractivity contribution is 0.0947. The summed E-state index contributed by atoms with van der Waals surface area (Å²) in [7, 11) is 0. The fourth-order valence-corrected chi connectivity index (χ4v) is 3.18. The second-order valence-electron chi connectivity index (χ2n) is 5.30. The summed E-state index contributed by atoms with van der Waals surface area (Å²) < 4.78 is 13.7. The van der Waals surface area contributed by atoms with Crippen molar-refractivity contribution in [1.82, 2.24) is 10.3 Å². The van der Waals surface area contributed by atoms with Crippen molar-refractivity contribution in [3.63, 3.8) is 0 Å². The maximum atomic E-state index is 13.7. The van der Waals surface area contributed by atoms with Crippen LogP contribution in [-0.2, 0) is 6.54 Å². The second kappa shape index (κ2) is 7.11. The number of hydrogen-bond donors (Lipinski definition) is 1. The van der Waals surface area contributed by atoms with Crippen LogP contribution in [0.3, 0.4) is 0 Å². The number of carbonyl (C=O) groups excluding carboxylic acids is 1. The minimum Gasteiger partial charge on any atom is -0.348 e. The van der Waals surface area contributed by atoms with E-state index < -0.39 is 11.7 Å². The Kier molecular flexibility index (Phi) is 4.92. The van der Waals surface area contributed by atoms with Crippen LogP contribution in [0.15, 0.2) is 47.8 Å². The lowest BCUT2D eigenvalue weighted by atomic mass is 10.1. The van der Waals surface area contributed by atoms with Crippen LogP contribution in [-0.4, -0.2) is 10.9 Å². The molecule has 0 aliphatic carbocycles. The van der Waals surface area contributed by atoms with Gasteiger partial charge < -0.3 is 5.32 Å². The van der Waals surface area contributed by atoms with E-state index in [2.05, 4.69) is 10.3 Å². The van der Waals surface area contributed by atoms with Gasteiger partial charge in [0.25, 0.3) is 5.91 Å². The molecule has 2 aromatic carbocycles. The Labute approximate surface area is 148 Å². The zero-order valence-corrected chi connectivity index (χ0v) is 14.4. The maximum Gasteiger partial charge on any atom is 0.254 e. The molecule has 3 aromatic rings. The minimum absolute atomic E-state index is 0.0580. The Bertz CT molecular complexity index is 877. The summed E-state index contributed by atoms with van der Waals surface area (Å²) in [6.07, 6.45) is 0. The first-order valence-electron chi connectivity index (χ1n) is 7.27. The van der Waals surface area contributed by atoms with E-state index in [9.17, 15) is 9.18 Å². The number of nitrogens with zero attached hydrogens (tertiary/aromatic N) is 1. The predicted molar refractivity (Wildman–Crippen MR) is 94.9 cm³/mol. The summed E-state index contributed by atoms with van der Waals surface area (Å²) in [6, 6.07) is 11.7. The number of amides is 1. The van der Waals surface area contributed by atoms with Crippen LogP contribution >= 0.6 is 22.9 Å². The number of hydrogen-bond acceptors (Lipinski definition) is 3. The average Bonchev–Trinajstić information content (AvgIpc) is 3.02. The first kappa shape index (κ1) is 16.6. The van der Waals surface area contributed by atoms with Gasteiger partial charge in [-0.15, -0.1) is 11.3 Å². The van der Waals surface area contributed by atoms with Crippen molar-refractivity contribution >= 4 is 28.8 Å². The van der Waals surface area contributed by atoms with Gasteiger partial charge in [-0.05, 0) is 30.7 Å². The van der Waals surface area contributed by atoms with Crippen molar-refractivity contribution in [3.8, 4) is 10.6 Å². The van der Waals surface area contributed by atoms with Gasteiger partial charge >= 0.3 is 0 Å². The first-order valence-corrected chi connectivity index (χ1v) is 8.53. The lowest BCUT2D eigenvalue weighted by Crippen LogP contribution is -2.23. The van der Waals surface area contributed by atoms with Gasteiger partial charge in [-0.25, -0.2) is 9.37 Å². The van der Waals surface area contributed by atoms with E-state index in [1.165, 1.54) is 18.2 Å². The monoisotopic (exact) mass is 360 g/mol. The summed E-state index contributed by atoms with van der Waals surface area (Å²) in [6.45, 7) is 2.26. The van der Waals surface area contributed by atoms with Crippen molar-refractivity contribution in [2.45, 2.75) is 13.5 Å². The molecule has 1 amide bonds. The molecule has 0 atom stereocenters. The van der Waals surface area contributed by atoms with Gasteiger partial charge in [0.05, 0.1) is 5.56 Å². The van der Waals surface area contributed by atoms with Crippen LogP contribution < -0.4 is 5.32 Å². The summed E-state index contributed by atoms with van der Waals surface area (Å²) in [4.78, 5) is 16.5. The Hall–Kier alpha value is -2.24. The second-order valence-corrected chi connectivity index (χ2v) is 6.59. The molecular weight excluding hydrogens is 347 g/mol. The highest BCUT2D eigenvalue weighted by molar-refractivity contribution is 7.13. The Morgan fingerprint density at radius 1 is 1.25 bits per heavy atom. The number of aromatic nitrogens is 1. The van der Waals surface area contributed by atoms with Gasteiger partial charge in [0.2, 0.25) is 0 Å². The molecule has 1 aromatic heterocycles. The zero-order valence-electron chi connectivity index (χ0n) is 12.8. The Balaban J connectivity index is 1.66. The first-order chi connectivity index (χ1) is 11.5. The van der Waals surface area contributed by atoms with E-state index in [-0.39, 0.29) is 5.56 Å². The highest BCUT2D eigenvalue weighted by atomic mass is 35.5. The van der Waals surface area contributed by atoms with E-state index >= 15 is 0 Å². The SMILES string of the molecule is Cc1csc(-c2ccc(CNC(=O)c3cc(Cl)ccc3F)cc2)n1. The standard InChI is InChI=1S/C18H14ClFN2OS/c1-11-10-24-18(22-11)13-4-2-12(3-5-13)9-21-17(23)15-8-14(19)6-7-16(15)20/h2-8,10H,9H2,1H3,(H,21,23). The molecule has 24 heavy (non-hydrogen) atoms. The number of aryl methyl sites for hydroxylation is 1. The van der Waals surface area contributed by atoms with E-state index in [1.54, 1.807) is 11.3 Å². The molecular formula is C18H14ClFN2OS. The molecule has 0 aliphatic rings. The normalized spacial score (nSPS) is 10.6. The van der Waals surface area contributed by atoms with Gasteiger partial charge in [0.15, 0.2) is 0 Å². The summed E-state index contributed by atoms with van der Waals surface area (Å²) in [5.41, 5.74) is 2.89. The largest absolute Gasteiger partial charge is 0.348 e. The third-order valence-corrected chi connectivity index (χ3v) is 4.69. The smallest absolute Gasteiger partial charge is 0.254 e. The Morgan fingerprint density at radius 2 is 2.00 bits per heavy atom. The third kappa shape index (κ3) is 3.80. The fraction of sp³-hybridized carbons (Fsp3) is 0.111. The average molecular weight is 361 g/mol. The zero-order chi connectivity index (χ0) is 17.1. The summed E-state index contributed by atoms with van der Waals surface area (Å²) >= 11 is 7.40. The highest BCUT2D eigenvalue weighted by Crippen LogP contribution is 2.23. The van der Waals surface area contributed by atoms with Gasteiger partial charge in [-0.2, -0.15) is 0 Å². The predicted octanol–water partition coefficient (Wildman–Crippen LogP) is 4.84. The number of thiazole rings is 1. The van der Waals surface area contributed by atoms with Gasteiger partial charge in [-0.1, -0.05) is 35.9 Å².